The van der Waals surface area contributed by atoms with Gasteiger partial charge < -0.3 is 19.7 Å². The van der Waals surface area contributed by atoms with Gasteiger partial charge in [-0.05, 0) is 31.5 Å². The second kappa shape index (κ2) is 4.13. The van der Waals surface area contributed by atoms with E-state index < -0.39 is 0 Å². The number of amides is 1. The smallest absolute Gasteiger partial charge is 0.231 e. The molecule has 1 N–H and O–H groups in total. The SMILES string of the molecule is O=C1CC2NCCCC2N1c1ccc2c(c1)OCO2. The van der Waals surface area contributed by atoms with Crippen molar-refractivity contribution in [1.29, 1.82) is 0 Å². The highest BCUT2D eigenvalue weighted by molar-refractivity contribution is 5.97. The third-order valence-electron chi connectivity index (χ3n) is 4.18. The normalized spacial score (nSPS) is 28.6. The summed E-state index contributed by atoms with van der Waals surface area (Å²) in [4.78, 5) is 14.2. The van der Waals surface area contributed by atoms with Gasteiger partial charge in [-0.1, -0.05) is 0 Å². The fraction of sp³-hybridized carbons (Fsp3) is 0.500. The van der Waals surface area contributed by atoms with Gasteiger partial charge in [0.05, 0.1) is 6.04 Å². The fourth-order valence-electron chi connectivity index (χ4n) is 3.30. The molecule has 0 aliphatic carbocycles. The number of hydrogen-bond donors (Lipinski definition) is 1. The van der Waals surface area contributed by atoms with Crippen LogP contribution in [0.3, 0.4) is 0 Å². The van der Waals surface area contributed by atoms with Crippen molar-refractivity contribution in [2.75, 3.05) is 18.2 Å². The van der Waals surface area contributed by atoms with Crippen molar-refractivity contribution >= 4 is 11.6 Å². The number of hydrogen-bond acceptors (Lipinski definition) is 4. The van der Waals surface area contributed by atoms with Gasteiger partial charge in [0.25, 0.3) is 0 Å². The predicted molar refractivity (Wildman–Crippen MR) is 69.5 cm³/mol. The van der Waals surface area contributed by atoms with E-state index in [0.29, 0.717) is 12.5 Å². The van der Waals surface area contributed by atoms with Crippen molar-refractivity contribution < 1.29 is 14.3 Å². The topological polar surface area (TPSA) is 50.8 Å². The van der Waals surface area contributed by atoms with Crippen molar-refractivity contribution in [3.8, 4) is 11.5 Å². The Morgan fingerprint density at radius 1 is 1.26 bits per heavy atom. The number of nitrogens with zero attached hydrogens (tertiary/aromatic N) is 1. The quantitative estimate of drug-likeness (QED) is 0.826. The number of carbonyl (C=O) groups is 1. The minimum absolute atomic E-state index is 0.197. The van der Waals surface area contributed by atoms with Crippen LogP contribution in [0.5, 0.6) is 11.5 Å². The van der Waals surface area contributed by atoms with E-state index in [0.717, 1.165) is 36.6 Å². The van der Waals surface area contributed by atoms with E-state index in [4.69, 9.17) is 9.47 Å². The second-order valence-corrected chi connectivity index (χ2v) is 5.28. The highest BCUT2D eigenvalue weighted by Crippen LogP contribution is 2.38. The van der Waals surface area contributed by atoms with Gasteiger partial charge in [-0.2, -0.15) is 0 Å². The summed E-state index contributed by atoms with van der Waals surface area (Å²) < 4.78 is 10.7. The molecule has 0 bridgehead atoms. The maximum atomic E-state index is 12.3. The molecule has 0 spiro atoms. The Morgan fingerprint density at radius 2 is 2.16 bits per heavy atom. The van der Waals surface area contributed by atoms with Gasteiger partial charge in [0, 0.05) is 24.2 Å². The number of fused-ring (bicyclic) bond motifs is 2. The fourth-order valence-corrected chi connectivity index (χ4v) is 3.30. The molecule has 5 heteroatoms. The summed E-state index contributed by atoms with van der Waals surface area (Å²) in [6, 6.07) is 6.32. The first-order chi connectivity index (χ1) is 9.33. The van der Waals surface area contributed by atoms with Crippen LogP contribution in [0.1, 0.15) is 19.3 Å². The molecule has 5 nitrogen and oxygen atoms in total. The van der Waals surface area contributed by atoms with E-state index in [9.17, 15) is 4.79 Å². The third-order valence-corrected chi connectivity index (χ3v) is 4.18. The summed E-state index contributed by atoms with van der Waals surface area (Å²) in [5.74, 6) is 1.69. The maximum Gasteiger partial charge on any atom is 0.231 e. The van der Waals surface area contributed by atoms with Gasteiger partial charge >= 0.3 is 0 Å². The molecule has 1 aromatic carbocycles. The lowest BCUT2D eigenvalue weighted by Gasteiger charge is -2.32. The van der Waals surface area contributed by atoms with E-state index in [1.165, 1.54) is 0 Å². The van der Waals surface area contributed by atoms with Crippen LogP contribution in [0.15, 0.2) is 18.2 Å². The lowest BCUT2D eigenvalue weighted by molar-refractivity contribution is -0.117. The minimum Gasteiger partial charge on any atom is -0.454 e. The third kappa shape index (κ3) is 1.69. The molecule has 0 radical (unpaired) electrons. The lowest BCUT2D eigenvalue weighted by atomic mass is 9.99. The highest BCUT2D eigenvalue weighted by atomic mass is 16.7. The van der Waals surface area contributed by atoms with Crippen LogP contribution in [0.25, 0.3) is 0 Å². The highest BCUT2D eigenvalue weighted by Gasteiger charge is 2.41. The number of rotatable bonds is 1. The average Bonchev–Trinajstić information content (AvgIpc) is 3.00. The zero-order valence-electron chi connectivity index (χ0n) is 10.6. The predicted octanol–water partition coefficient (Wildman–Crippen LogP) is 1.27. The number of nitrogens with one attached hydrogen (secondary N) is 1. The van der Waals surface area contributed by atoms with E-state index in [-0.39, 0.29) is 18.7 Å². The van der Waals surface area contributed by atoms with Gasteiger partial charge in [0.1, 0.15) is 0 Å². The van der Waals surface area contributed by atoms with Crippen molar-refractivity contribution in [3.05, 3.63) is 18.2 Å². The first kappa shape index (κ1) is 11.1. The molecule has 4 rings (SSSR count). The van der Waals surface area contributed by atoms with Crippen LogP contribution in [0, 0.1) is 0 Å². The maximum absolute atomic E-state index is 12.3. The van der Waals surface area contributed by atoms with Crippen LogP contribution in [0.2, 0.25) is 0 Å². The Morgan fingerprint density at radius 3 is 3.11 bits per heavy atom. The number of carbonyl (C=O) groups excluding carboxylic acids is 1. The molecule has 3 aliphatic heterocycles. The second-order valence-electron chi connectivity index (χ2n) is 5.28. The molecule has 2 atom stereocenters. The average molecular weight is 260 g/mol. The molecule has 2 unspecified atom stereocenters. The number of benzene rings is 1. The molecule has 0 aromatic heterocycles. The lowest BCUT2D eigenvalue weighted by Crippen LogP contribution is -2.47. The summed E-state index contributed by atoms with van der Waals surface area (Å²) >= 11 is 0. The molecule has 1 amide bonds. The van der Waals surface area contributed by atoms with E-state index >= 15 is 0 Å². The molecule has 0 saturated carbocycles. The number of anilines is 1. The minimum atomic E-state index is 0.197. The van der Waals surface area contributed by atoms with E-state index in [2.05, 4.69) is 5.32 Å². The summed E-state index contributed by atoms with van der Waals surface area (Å²) in [7, 11) is 0. The Hall–Kier alpha value is -1.75. The first-order valence-electron chi connectivity index (χ1n) is 6.78. The summed E-state index contributed by atoms with van der Waals surface area (Å²) in [6.07, 6.45) is 2.78. The summed E-state index contributed by atoms with van der Waals surface area (Å²) in [5.41, 5.74) is 0.922. The largest absolute Gasteiger partial charge is 0.454 e. The van der Waals surface area contributed by atoms with Gasteiger partial charge in [-0.25, -0.2) is 0 Å². The zero-order chi connectivity index (χ0) is 12.8. The van der Waals surface area contributed by atoms with Gasteiger partial charge in [-0.15, -0.1) is 0 Å². The van der Waals surface area contributed by atoms with Crippen molar-refractivity contribution in [2.24, 2.45) is 0 Å². The zero-order valence-corrected chi connectivity index (χ0v) is 10.6. The van der Waals surface area contributed by atoms with Crippen molar-refractivity contribution in [1.82, 2.24) is 5.32 Å². The van der Waals surface area contributed by atoms with Crippen LogP contribution in [-0.2, 0) is 4.79 Å². The van der Waals surface area contributed by atoms with Crippen LogP contribution in [0.4, 0.5) is 5.69 Å². The van der Waals surface area contributed by atoms with Gasteiger partial charge in [0.15, 0.2) is 11.5 Å². The van der Waals surface area contributed by atoms with Crippen molar-refractivity contribution in [3.63, 3.8) is 0 Å². The number of ether oxygens (including phenoxy) is 2. The van der Waals surface area contributed by atoms with E-state index in [1.807, 2.05) is 23.1 Å². The van der Waals surface area contributed by atoms with Crippen LogP contribution in [-0.4, -0.2) is 31.3 Å². The van der Waals surface area contributed by atoms with Gasteiger partial charge in [0.2, 0.25) is 12.7 Å². The summed E-state index contributed by atoms with van der Waals surface area (Å²) in [5, 5.41) is 3.45. The molecular formula is C14H16N2O3. The molecule has 3 aliphatic rings. The van der Waals surface area contributed by atoms with Crippen molar-refractivity contribution in [2.45, 2.75) is 31.3 Å². The Bertz CT molecular complexity index is 531. The molecule has 100 valence electrons. The van der Waals surface area contributed by atoms with Crippen LogP contribution >= 0.6 is 0 Å². The molecule has 3 heterocycles. The molecular weight excluding hydrogens is 244 g/mol. The summed E-state index contributed by atoms with van der Waals surface area (Å²) in [6.45, 7) is 1.28. The molecule has 1 aromatic rings. The Balaban J connectivity index is 1.69. The number of piperidine rings is 1. The Labute approximate surface area is 111 Å². The first-order valence-corrected chi connectivity index (χ1v) is 6.78. The molecule has 19 heavy (non-hydrogen) atoms. The molecule has 2 fully saturated rings. The monoisotopic (exact) mass is 260 g/mol. The van der Waals surface area contributed by atoms with Gasteiger partial charge in [-0.3, -0.25) is 4.79 Å². The standard InChI is InChI=1S/C14H16N2O3/c17-14-7-10-11(2-1-5-15-10)16(14)9-3-4-12-13(6-9)19-8-18-12/h3-4,6,10-11,15H,1-2,5,7-8H2. The Kier molecular flexibility index (Phi) is 2.41. The van der Waals surface area contributed by atoms with Crippen LogP contribution < -0.4 is 19.7 Å². The molecule has 2 saturated heterocycles. The van der Waals surface area contributed by atoms with E-state index in [1.54, 1.807) is 0 Å².